The molecule has 0 fully saturated rings. The van der Waals surface area contributed by atoms with Crippen LogP contribution in [0.3, 0.4) is 0 Å². The van der Waals surface area contributed by atoms with Gasteiger partial charge in [0.15, 0.2) is 6.29 Å². The predicted octanol–water partition coefficient (Wildman–Crippen LogP) is 1.08. The van der Waals surface area contributed by atoms with Crippen LogP contribution in [0.5, 0.6) is 0 Å². The second kappa shape index (κ2) is 6.29. The molecule has 1 rings (SSSR count). The van der Waals surface area contributed by atoms with Gasteiger partial charge >= 0.3 is 0 Å². The van der Waals surface area contributed by atoms with Gasteiger partial charge in [-0.3, -0.25) is 4.79 Å². The molecule has 1 aromatic rings. The van der Waals surface area contributed by atoms with Crippen LogP contribution >= 0.6 is 0 Å². The van der Waals surface area contributed by atoms with Gasteiger partial charge in [-0.2, -0.15) is 0 Å². The van der Waals surface area contributed by atoms with Crippen molar-refractivity contribution in [3.8, 4) is 0 Å². The maximum Gasteiger partial charge on any atom is 0.172 e. The zero-order valence-corrected chi connectivity index (χ0v) is 9.27. The average molecular weight is 211 g/mol. The van der Waals surface area contributed by atoms with Crippen molar-refractivity contribution in [1.82, 2.24) is 15.0 Å². The lowest BCUT2D eigenvalue weighted by molar-refractivity contribution is 0.111. The number of hydrogen-bond acceptors (Lipinski definition) is 4. The van der Waals surface area contributed by atoms with E-state index < -0.39 is 0 Å². The molecule has 1 aromatic heterocycles. The molecule has 0 saturated carbocycles. The van der Waals surface area contributed by atoms with E-state index in [-0.39, 0.29) is 0 Å². The average Bonchev–Trinajstić information content (AvgIpc) is 2.66. The number of aldehydes is 1. The van der Waals surface area contributed by atoms with Gasteiger partial charge in [-0.1, -0.05) is 12.1 Å². The molecule has 0 aromatic carbocycles. The summed E-state index contributed by atoms with van der Waals surface area (Å²) in [6.07, 6.45) is 3.53. The van der Waals surface area contributed by atoms with Gasteiger partial charge in [0.2, 0.25) is 0 Å². The van der Waals surface area contributed by atoms with E-state index in [1.54, 1.807) is 11.8 Å². The monoisotopic (exact) mass is 211 g/mol. The van der Waals surface area contributed by atoms with Gasteiger partial charge in [-0.05, 0) is 19.3 Å². The number of aryl methyl sites for hydroxylation is 1. The van der Waals surface area contributed by atoms with Crippen molar-refractivity contribution in [2.45, 2.75) is 32.7 Å². The lowest BCUT2D eigenvalue weighted by Crippen LogP contribution is -2.06. The fraction of sp³-hybridized carbons (Fsp3) is 0.700. The third-order valence-corrected chi connectivity index (χ3v) is 2.28. The first kappa shape index (κ1) is 11.8. The summed E-state index contributed by atoms with van der Waals surface area (Å²) in [5, 5.41) is 7.77. The number of methoxy groups -OCH3 is 1. The number of hydrogen-bond donors (Lipinski definition) is 0. The fourth-order valence-corrected chi connectivity index (χ4v) is 1.49. The number of rotatable bonds is 7. The molecule has 84 valence electrons. The minimum Gasteiger partial charge on any atom is -0.385 e. The summed E-state index contributed by atoms with van der Waals surface area (Å²) < 4.78 is 6.77. The lowest BCUT2D eigenvalue weighted by Gasteiger charge is -2.04. The zero-order chi connectivity index (χ0) is 11.1. The molecule has 0 unspecified atom stereocenters. The first-order valence-electron chi connectivity index (χ1n) is 5.20. The van der Waals surface area contributed by atoms with Gasteiger partial charge in [0.05, 0.1) is 5.69 Å². The van der Waals surface area contributed by atoms with Crippen molar-refractivity contribution >= 4 is 6.29 Å². The van der Waals surface area contributed by atoms with Crippen LogP contribution in [0.1, 0.15) is 35.9 Å². The highest BCUT2D eigenvalue weighted by atomic mass is 16.5. The van der Waals surface area contributed by atoms with Crippen LogP contribution in [0.4, 0.5) is 0 Å². The molecule has 5 heteroatoms. The summed E-state index contributed by atoms with van der Waals surface area (Å²) >= 11 is 0. The fourth-order valence-electron chi connectivity index (χ4n) is 1.49. The summed E-state index contributed by atoms with van der Waals surface area (Å²) in [6, 6.07) is 0. The van der Waals surface area contributed by atoms with Crippen LogP contribution in [0.25, 0.3) is 0 Å². The van der Waals surface area contributed by atoms with E-state index in [0.717, 1.165) is 44.4 Å². The molecule has 0 aliphatic heterocycles. The number of carbonyl (C=O) groups excluding carboxylic acids is 1. The molecule has 0 spiro atoms. The molecule has 0 N–H and O–H groups in total. The third kappa shape index (κ3) is 3.13. The smallest absolute Gasteiger partial charge is 0.172 e. The molecule has 0 bridgehead atoms. The molecule has 0 amide bonds. The Morgan fingerprint density at radius 3 is 2.87 bits per heavy atom. The molecule has 0 atom stereocenters. The molecular weight excluding hydrogens is 194 g/mol. The van der Waals surface area contributed by atoms with E-state index in [1.807, 2.05) is 6.92 Å². The topological polar surface area (TPSA) is 57.0 Å². The van der Waals surface area contributed by atoms with Crippen molar-refractivity contribution in [3.63, 3.8) is 0 Å². The number of aromatic nitrogens is 3. The van der Waals surface area contributed by atoms with Crippen molar-refractivity contribution in [2.24, 2.45) is 0 Å². The highest BCUT2D eigenvalue weighted by molar-refractivity contribution is 5.73. The van der Waals surface area contributed by atoms with Crippen LogP contribution in [0, 0.1) is 0 Å². The Kier molecular flexibility index (Phi) is 4.97. The summed E-state index contributed by atoms with van der Waals surface area (Å²) in [6.45, 7) is 3.56. The number of nitrogens with zero attached hydrogens (tertiary/aromatic N) is 3. The first-order chi connectivity index (χ1) is 7.33. The molecule has 0 aliphatic rings. The van der Waals surface area contributed by atoms with Gasteiger partial charge in [0, 0.05) is 20.3 Å². The first-order valence-corrected chi connectivity index (χ1v) is 5.20. The van der Waals surface area contributed by atoms with E-state index in [9.17, 15) is 4.79 Å². The van der Waals surface area contributed by atoms with Crippen molar-refractivity contribution < 1.29 is 9.53 Å². The highest BCUT2D eigenvalue weighted by Gasteiger charge is 2.09. The normalized spacial score (nSPS) is 10.5. The van der Waals surface area contributed by atoms with Crippen molar-refractivity contribution in [2.75, 3.05) is 13.7 Å². The number of carbonyl (C=O) groups is 1. The van der Waals surface area contributed by atoms with Crippen molar-refractivity contribution in [3.05, 3.63) is 11.4 Å². The summed E-state index contributed by atoms with van der Waals surface area (Å²) in [7, 11) is 1.69. The quantitative estimate of drug-likeness (QED) is 0.500. The van der Waals surface area contributed by atoms with Crippen LogP contribution in [0.15, 0.2) is 0 Å². The molecule has 0 aliphatic carbocycles. The van der Waals surface area contributed by atoms with Gasteiger partial charge in [0.25, 0.3) is 0 Å². The van der Waals surface area contributed by atoms with Crippen molar-refractivity contribution in [1.29, 1.82) is 0 Å². The largest absolute Gasteiger partial charge is 0.385 e. The predicted molar refractivity (Wildman–Crippen MR) is 55.9 cm³/mol. The Morgan fingerprint density at radius 2 is 2.27 bits per heavy atom. The van der Waals surface area contributed by atoms with E-state index in [0.29, 0.717) is 5.69 Å². The van der Waals surface area contributed by atoms with Gasteiger partial charge < -0.3 is 4.74 Å². The van der Waals surface area contributed by atoms with Crippen LogP contribution < -0.4 is 0 Å². The maximum atomic E-state index is 10.6. The molecule has 15 heavy (non-hydrogen) atoms. The minimum atomic E-state index is 0.462. The van der Waals surface area contributed by atoms with E-state index in [2.05, 4.69) is 10.3 Å². The second-order valence-corrected chi connectivity index (χ2v) is 3.32. The summed E-state index contributed by atoms with van der Waals surface area (Å²) in [5.74, 6) is 0. The minimum absolute atomic E-state index is 0.462. The van der Waals surface area contributed by atoms with Crippen LogP contribution in [0.2, 0.25) is 0 Å². The second-order valence-electron chi connectivity index (χ2n) is 3.32. The Bertz CT molecular complexity index is 310. The Balaban J connectivity index is 2.53. The Morgan fingerprint density at radius 1 is 1.47 bits per heavy atom. The molecular formula is C10H17N3O2. The maximum absolute atomic E-state index is 10.6. The summed E-state index contributed by atoms with van der Waals surface area (Å²) in [4.78, 5) is 10.6. The SMILES string of the molecule is CCc1c(C=O)nnn1CCCCOC. The van der Waals surface area contributed by atoms with Gasteiger partial charge in [-0.25, -0.2) is 4.68 Å². The van der Waals surface area contributed by atoms with E-state index in [4.69, 9.17) is 4.74 Å². The molecule has 1 heterocycles. The van der Waals surface area contributed by atoms with Gasteiger partial charge in [-0.15, -0.1) is 5.10 Å². The Hall–Kier alpha value is -1.23. The van der Waals surface area contributed by atoms with Gasteiger partial charge in [0.1, 0.15) is 5.69 Å². The van der Waals surface area contributed by atoms with E-state index in [1.165, 1.54) is 0 Å². The third-order valence-electron chi connectivity index (χ3n) is 2.28. The number of ether oxygens (including phenoxy) is 1. The molecule has 0 radical (unpaired) electrons. The lowest BCUT2D eigenvalue weighted by atomic mass is 10.2. The standard InChI is InChI=1S/C10H17N3O2/c1-3-10-9(8-14)11-12-13(10)6-4-5-7-15-2/h8H,3-7H2,1-2H3. The van der Waals surface area contributed by atoms with E-state index >= 15 is 0 Å². The zero-order valence-electron chi connectivity index (χ0n) is 9.27. The van der Waals surface area contributed by atoms with Crippen LogP contribution in [-0.4, -0.2) is 35.0 Å². The highest BCUT2D eigenvalue weighted by Crippen LogP contribution is 2.05. The Labute approximate surface area is 89.4 Å². The molecule has 5 nitrogen and oxygen atoms in total. The summed E-state index contributed by atoms with van der Waals surface area (Å²) in [5.41, 5.74) is 1.38. The molecule has 0 saturated heterocycles. The number of unbranched alkanes of at least 4 members (excludes halogenated alkanes) is 1. The van der Waals surface area contributed by atoms with Crippen LogP contribution in [-0.2, 0) is 17.7 Å².